The summed E-state index contributed by atoms with van der Waals surface area (Å²) >= 11 is 0. The first-order valence-electron chi connectivity index (χ1n) is 10.2. The Hall–Kier alpha value is -2.08. The molecule has 6 nitrogen and oxygen atoms in total. The zero-order valence-corrected chi connectivity index (χ0v) is 17.9. The van der Waals surface area contributed by atoms with E-state index in [0.29, 0.717) is 36.6 Å². The monoisotopic (exact) mass is 393 g/mol. The molecule has 0 saturated heterocycles. The number of amides is 1. The van der Waals surface area contributed by atoms with Gasteiger partial charge in [-0.3, -0.25) is 4.79 Å². The van der Waals surface area contributed by atoms with E-state index in [1.165, 1.54) is 7.11 Å². The van der Waals surface area contributed by atoms with E-state index in [0.717, 1.165) is 32.1 Å². The van der Waals surface area contributed by atoms with Gasteiger partial charge in [0.2, 0.25) is 0 Å². The van der Waals surface area contributed by atoms with Crippen LogP contribution >= 0.6 is 0 Å². The highest BCUT2D eigenvalue weighted by atomic mass is 16.5. The SMILES string of the molecule is CCCCOc1ccc(NC(=O)C(C)(CCCC)OCCC)cc1C(=O)OC. The molecular formula is C22H35NO5. The second-order valence-corrected chi connectivity index (χ2v) is 7.04. The minimum absolute atomic E-state index is 0.218. The van der Waals surface area contributed by atoms with Gasteiger partial charge in [0.15, 0.2) is 0 Å². The van der Waals surface area contributed by atoms with Crippen molar-refractivity contribution in [3.05, 3.63) is 23.8 Å². The van der Waals surface area contributed by atoms with Crippen LogP contribution in [0.2, 0.25) is 0 Å². The summed E-state index contributed by atoms with van der Waals surface area (Å²) in [5.74, 6) is -0.266. The van der Waals surface area contributed by atoms with Crippen molar-refractivity contribution in [2.24, 2.45) is 0 Å². The average Bonchev–Trinajstić information content (AvgIpc) is 2.71. The second kappa shape index (κ2) is 12.4. The lowest BCUT2D eigenvalue weighted by Gasteiger charge is -2.28. The van der Waals surface area contributed by atoms with Crippen LogP contribution < -0.4 is 10.1 Å². The van der Waals surface area contributed by atoms with Crippen LogP contribution in [0.25, 0.3) is 0 Å². The van der Waals surface area contributed by atoms with Crippen LogP contribution in [0.15, 0.2) is 18.2 Å². The van der Waals surface area contributed by atoms with Crippen molar-refractivity contribution in [2.75, 3.05) is 25.6 Å². The fourth-order valence-corrected chi connectivity index (χ4v) is 2.69. The molecule has 0 spiro atoms. The molecule has 6 heteroatoms. The number of methoxy groups -OCH3 is 1. The molecule has 1 aromatic carbocycles. The van der Waals surface area contributed by atoms with Gasteiger partial charge in [0.1, 0.15) is 16.9 Å². The van der Waals surface area contributed by atoms with E-state index in [9.17, 15) is 9.59 Å². The van der Waals surface area contributed by atoms with Gasteiger partial charge in [-0.15, -0.1) is 0 Å². The summed E-state index contributed by atoms with van der Waals surface area (Å²) in [4.78, 5) is 25.1. The number of anilines is 1. The molecule has 0 aromatic heterocycles. The number of rotatable bonds is 13. The van der Waals surface area contributed by atoms with Gasteiger partial charge in [0, 0.05) is 12.3 Å². The quantitative estimate of drug-likeness (QED) is 0.378. The number of hydrogen-bond donors (Lipinski definition) is 1. The van der Waals surface area contributed by atoms with Crippen LogP contribution in [0.5, 0.6) is 5.75 Å². The van der Waals surface area contributed by atoms with Crippen LogP contribution in [-0.2, 0) is 14.3 Å². The molecule has 0 aliphatic carbocycles. The van der Waals surface area contributed by atoms with E-state index in [-0.39, 0.29) is 5.91 Å². The molecule has 0 aliphatic heterocycles. The fourth-order valence-electron chi connectivity index (χ4n) is 2.69. The number of unbranched alkanes of at least 4 members (excludes halogenated alkanes) is 2. The number of ether oxygens (including phenoxy) is 3. The zero-order chi connectivity index (χ0) is 21.0. The average molecular weight is 394 g/mol. The van der Waals surface area contributed by atoms with Crippen LogP contribution in [0, 0.1) is 0 Å². The highest BCUT2D eigenvalue weighted by Gasteiger charge is 2.33. The Bertz CT molecular complexity index is 621. The summed E-state index contributed by atoms with van der Waals surface area (Å²) in [6, 6.07) is 5.00. The lowest BCUT2D eigenvalue weighted by Crippen LogP contribution is -2.43. The maximum absolute atomic E-state index is 12.9. The van der Waals surface area contributed by atoms with Crippen molar-refractivity contribution in [3.63, 3.8) is 0 Å². The number of nitrogens with one attached hydrogen (secondary N) is 1. The van der Waals surface area contributed by atoms with Crippen molar-refractivity contribution >= 4 is 17.6 Å². The number of carbonyl (C=O) groups is 2. The minimum atomic E-state index is -0.909. The number of hydrogen-bond acceptors (Lipinski definition) is 5. The Morgan fingerprint density at radius 1 is 1.04 bits per heavy atom. The molecule has 0 bridgehead atoms. The zero-order valence-electron chi connectivity index (χ0n) is 17.9. The standard InChI is InChI=1S/C22H35NO5/c1-6-9-13-22(4,28-14-8-3)21(25)23-17-11-12-19(27-15-10-7-2)18(16-17)20(24)26-5/h11-12,16H,6-10,13-15H2,1-5H3,(H,23,25). The van der Waals surface area contributed by atoms with Gasteiger partial charge in [-0.1, -0.05) is 40.0 Å². The predicted octanol–water partition coefficient (Wildman–Crippen LogP) is 4.97. The Morgan fingerprint density at radius 2 is 1.75 bits per heavy atom. The lowest BCUT2D eigenvalue weighted by atomic mass is 9.97. The maximum Gasteiger partial charge on any atom is 0.341 e. The molecule has 1 N–H and O–H groups in total. The molecule has 0 radical (unpaired) electrons. The van der Waals surface area contributed by atoms with E-state index in [1.807, 2.05) is 13.8 Å². The molecule has 1 amide bonds. The first kappa shape index (κ1) is 24.0. The van der Waals surface area contributed by atoms with E-state index >= 15 is 0 Å². The molecule has 1 rings (SSSR count). The van der Waals surface area contributed by atoms with Crippen molar-refractivity contribution in [1.82, 2.24) is 0 Å². The Labute approximate surface area is 168 Å². The number of esters is 1. The summed E-state index contributed by atoms with van der Waals surface area (Å²) in [5, 5.41) is 2.89. The molecule has 0 heterocycles. The topological polar surface area (TPSA) is 73.9 Å². The van der Waals surface area contributed by atoms with Gasteiger partial charge in [0.05, 0.1) is 13.7 Å². The van der Waals surface area contributed by atoms with Gasteiger partial charge < -0.3 is 19.5 Å². The van der Waals surface area contributed by atoms with Crippen molar-refractivity contribution in [2.45, 2.75) is 71.8 Å². The van der Waals surface area contributed by atoms with E-state index < -0.39 is 11.6 Å². The summed E-state index contributed by atoms with van der Waals surface area (Å²) in [5.41, 5.74) is -0.106. The third kappa shape index (κ3) is 7.15. The first-order valence-corrected chi connectivity index (χ1v) is 10.2. The summed E-state index contributed by atoms with van der Waals surface area (Å²) in [7, 11) is 1.32. The Balaban J connectivity index is 3.01. The molecular weight excluding hydrogens is 358 g/mol. The van der Waals surface area contributed by atoms with Gasteiger partial charge >= 0.3 is 5.97 Å². The van der Waals surface area contributed by atoms with Crippen molar-refractivity contribution in [3.8, 4) is 5.75 Å². The molecule has 158 valence electrons. The van der Waals surface area contributed by atoms with Gasteiger partial charge in [-0.05, 0) is 44.4 Å². The largest absolute Gasteiger partial charge is 0.493 e. The molecule has 1 atom stereocenters. The molecule has 0 saturated carbocycles. The van der Waals surface area contributed by atoms with Crippen molar-refractivity contribution in [1.29, 1.82) is 0 Å². The van der Waals surface area contributed by atoms with E-state index in [2.05, 4.69) is 19.2 Å². The second-order valence-electron chi connectivity index (χ2n) is 7.04. The van der Waals surface area contributed by atoms with E-state index in [4.69, 9.17) is 14.2 Å². The summed E-state index contributed by atoms with van der Waals surface area (Å²) in [6.07, 6.45) is 5.24. The predicted molar refractivity (Wildman–Crippen MR) is 111 cm³/mol. The number of carbonyl (C=O) groups excluding carboxylic acids is 2. The highest BCUT2D eigenvalue weighted by Crippen LogP contribution is 2.26. The molecule has 1 unspecified atom stereocenters. The third-order valence-electron chi connectivity index (χ3n) is 4.51. The first-order chi connectivity index (χ1) is 13.4. The summed E-state index contributed by atoms with van der Waals surface area (Å²) in [6.45, 7) is 9.02. The van der Waals surface area contributed by atoms with E-state index in [1.54, 1.807) is 18.2 Å². The van der Waals surface area contributed by atoms with Gasteiger partial charge in [0.25, 0.3) is 5.91 Å². The van der Waals surface area contributed by atoms with Gasteiger partial charge in [-0.25, -0.2) is 4.79 Å². The van der Waals surface area contributed by atoms with Crippen molar-refractivity contribution < 1.29 is 23.8 Å². The Kier molecular flexibility index (Phi) is 10.6. The van der Waals surface area contributed by atoms with Crippen LogP contribution in [0.3, 0.4) is 0 Å². The van der Waals surface area contributed by atoms with Crippen LogP contribution in [-0.4, -0.2) is 37.8 Å². The number of benzene rings is 1. The van der Waals surface area contributed by atoms with Crippen LogP contribution in [0.4, 0.5) is 5.69 Å². The van der Waals surface area contributed by atoms with Gasteiger partial charge in [-0.2, -0.15) is 0 Å². The van der Waals surface area contributed by atoms with Crippen LogP contribution in [0.1, 0.15) is 76.6 Å². The fraction of sp³-hybridized carbons (Fsp3) is 0.636. The lowest BCUT2D eigenvalue weighted by molar-refractivity contribution is -0.140. The maximum atomic E-state index is 12.9. The summed E-state index contributed by atoms with van der Waals surface area (Å²) < 4.78 is 16.4. The third-order valence-corrected chi connectivity index (χ3v) is 4.51. The molecule has 0 fully saturated rings. The normalized spacial score (nSPS) is 12.9. The molecule has 1 aromatic rings. The molecule has 0 aliphatic rings. The molecule has 28 heavy (non-hydrogen) atoms. The highest BCUT2D eigenvalue weighted by molar-refractivity contribution is 5.99. The minimum Gasteiger partial charge on any atom is -0.493 e. The smallest absolute Gasteiger partial charge is 0.341 e. The Morgan fingerprint density at radius 3 is 2.36 bits per heavy atom.